The maximum absolute atomic E-state index is 14.0. The van der Waals surface area contributed by atoms with Crippen molar-refractivity contribution in [3.8, 4) is 11.5 Å². The van der Waals surface area contributed by atoms with Crippen molar-refractivity contribution in [2.75, 3.05) is 0 Å². The van der Waals surface area contributed by atoms with E-state index in [1.807, 2.05) is 83.1 Å². The highest BCUT2D eigenvalue weighted by Gasteiger charge is 2.46. The molecule has 2 nitrogen and oxygen atoms in total. The van der Waals surface area contributed by atoms with Gasteiger partial charge in [-0.2, -0.15) is 26.3 Å². The lowest BCUT2D eigenvalue weighted by molar-refractivity contribution is -0.143. The van der Waals surface area contributed by atoms with Crippen LogP contribution < -0.4 is 9.05 Å². The Hall–Kier alpha value is -0.740. The zero-order valence-corrected chi connectivity index (χ0v) is 23.9. The third kappa shape index (κ3) is 8.15. The molecule has 0 saturated heterocycles. The molecule has 0 heterocycles. The van der Waals surface area contributed by atoms with Gasteiger partial charge in [-0.1, -0.05) is 83.1 Å². The van der Waals surface area contributed by atoms with Gasteiger partial charge in [-0.05, 0) is 6.07 Å². The number of rotatable bonds is 4. The second kappa shape index (κ2) is 9.61. The Morgan fingerprint density at radius 3 is 0.882 bits per heavy atom. The van der Waals surface area contributed by atoms with Gasteiger partial charge >= 0.3 is 12.4 Å². The third-order valence-electron chi connectivity index (χ3n) is 4.51. The average molecular weight is 535 g/mol. The number of benzene rings is 1. The minimum Gasteiger partial charge on any atom is -0.472 e. The molecule has 0 bridgehead atoms. The Labute approximate surface area is 202 Å². The van der Waals surface area contributed by atoms with E-state index < -0.39 is 71.9 Å². The molecular formula is C24H38F6O2P2. The highest BCUT2D eigenvalue weighted by atomic mass is 31.1. The van der Waals surface area contributed by atoms with Gasteiger partial charge < -0.3 is 9.05 Å². The van der Waals surface area contributed by atoms with Crippen LogP contribution in [0.5, 0.6) is 11.5 Å². The van der Waals surface area contributed by atoms with Crippen LogP contribution in [0.15, 0.2) is 12.1 Å². The second-order valence-corrected chi connectivity index (χ2v) is 19.2. The molecule has 34 heavy (non-hydrogen) atoms. The van der Waals surface area contributed by atoms with Gasteiger partial charge in [0.05, 0.1) is 27.4 Å². The summed E-state index contributed by atoms with van der Waals surface area (Å²) in [5.74, 6) is -1.27. The van der Waals surface area contributed by atoms with Gasteiger partial charge in [0.2, 0.25) is 0 Å². The summed E-state index contributed by atoms with van der Waals surface area (Å²) in [6.45, 7) is 22.1. The molecule has 0 radical (unpaired) electrons. The Morgan fingerprint density at radius 1 is 0.471 bits per heavy atom. The van der Waals surface area contributed by atoms with Crippen LogP contribution in [0.1, 0.15) is 94.2 Å². The molecule has 0 aliphatic rings. The monoisotopic (exact) mass is 534 g/mol. The van der Waals surface area contributed by atoms with E-state index >= 15 is 0 Å². The maximum atomic E-state index is 14.0. The first-order valence-corrected chi connectivity index (χ1v) is 13.5. The smallest absolute Gasteiger partial charge is 0.419 e. The van der Waals surface area contributed by atoms with Gasteiger partial charge in [-0.3, -0.25) is 0 Å². The van der Waals surface area contributed by atoms with Gasteiger partial charge in [-0.15, -0.1) is 0 Å². The normalized spacial score (nSPS) is 14.7. The minimum atomic E-state index is -5.04. The molecule has 198 valence electrons. The van der Waals surface area contributed by atoms with E-state index in [1.54, 1.807) is 0 Å². The third-order valence-corrected chi connectivity index (χ3v) is 10.1. The number of hydrogen-bond donors (Lipinski definition) is 0. The van der Waals surface area contributed by atoms with Gasteiger partial charge in [0, 0.05) is 26.7 Å². The average Bonchev–Trinajstić information content (AvgIpc) is 2.51. The Kier molecular flexibility index (Phi) is 8.85. The van der Waals surface area contributed by atoms with Crippen LogP contribution in [0.3, 0.4) is 0 Å². The largest absolute Gasteiger partial charge is 0.472 e. The minimum absolute atomic E-state index is 0.127. The van der Waals surface area contributed by atoms with Crippen molar-refractivity contribution >= 4 is 16.3 Å². The van der Waals surface area contributed by atoms with Crippen LogP contribution in [-0.2, 0) is 12.4 Å². The maximum Gasteiger partial charge on any atom is 0.419 e. The molecule has 0 atom stereocenters. The van der Waals surface area contributed by atoms with E-state index in [4.69, 9.17) is 9.05 Å². The SMILES string of the molecule is CC(C)(C)P(Oc1cc(OP(C(C)(C)C)C(C)(C)C)c(C(F)(F)F)cc1C(F)(F)F)C(C)(C)C. The lowest BCUT2D eigenvalue weighted by Gasteiger charge is -2.41. The molecule has 1 rings (SSSR count). The van der Waals surface area contributed by atoms with Gasteiger partial charge in [0.15, 0.2) is 0 Å². The summed E-state index contributed by atoms with van der Waals surface area (Å²) < 4.78 is 95.7. The summed E-state index contributed by atoms with van der Waals surface area (Å²) in [7, 11) is -3.06. The molecule has 0 N–H and O–H groups in total. The van der Waals surface area contributed by atoms with Crippen molar-refractivity contribution in [2.45, 2.75) is 116 Å². The topological polar surface area (TPSA) is 18.5 Å². The van der Waals surface area contributed by atoms with Crippen molar-refractivity contribution in [1.82, 2.24) is 0 Å². The van der Waals surface area contributed by atoms with Crippen LogP contribution >= 0.6 is 16.3 Å². The van der Waals surface area contributed by atoms with Crippen molar-refractivity contribution in [3.05, 3.63) is 23.3 Å². The Balaban J connectivity index is 3.92. The van der Waals surface area contributed by atoms with Crippen molar-refractivity contribution in [1.29, 1.82) is 0 Å². The summed E-state index contributed by atoms with van der Waals surface area (Å²) in [5, 5.41) is -2.10. The highest BCUT2D eigenvalue weighted by molar-refractivity contribution is 7.56. The predicted octanol–water partition coefficient (Wildman–Crippen LogP) is 10.5. The van der Waals surface area contributed by atoms with Crippen LogP contribution in [0.4, 0.5) is 26.3 Å². The number of hydrogen-bond acceptors (Lipinski definition) is 2. The van der Waals surface area contributed by atoms with E-state index in [1.165, 1.54) is 0 Å². The lowest BCUT2D eigenvalue weighted by atomic mass is 10.1. The molecule has 0 aliphatic heterocycles. The van der Waals surface area contributed by atoms with E-state index in [2.05, 4.69) is 0 Å². The van der Waals surface area contributed by atoms with Crippen molar-refractivity contribution < 1.29 is 35.4 Å². The van der Waals surface area contributed by atoms with E-state index in [9.17, 15) is 26.3 Å². The molecule has 0 unspecified atom stereocenters. The molecule has 0 fully saturated rings. The second-order valence-electron chi connectivity index (χ2n) is 12.3. The number of halogens is 6. The molecule has 0 spiro atoms. The first-order chi connectivity index (χ1) is 14.7. The molecule has 1 aromatic carbocycles. The molecular weight excluding hydrogens is 496 g/mol. The first-order valence-electron chi connectivity index (χ1n) is 11.0. The molecule has 0 saturated carbocycles. The lowest BCUT2D eigenvalue weighted by Crippen LogP contribution is -2.29. The summed E-state index contributed by atoms with van der Waals surface area (Å²) >= 11 is 0. The van der Waals surface area contributed by atoms with Gasteiger partial charge in [0.1, 0.15) is 11.5 Å². The summed E-state index contributed by atoms with van der Waals surface area (Å²) in [5.41, 5.74) is -2.91. The van der Waals surface area contributed by atoms with Gasteiger partial charge in [-0.25, -0.2) is 0 Å². The molecule has 10 heteroatoms. The summed E-state index contributed by atoms with van der Waals surface area (Å²) in [6.07, 6.45) is -10.1. The molecule has 0 aromatic heterocycles. The van der Waals surface area contributed by atoms with E-state index in [0.717, 1.165) is 6.07 Å². The van der Waals surface area contributed by atoms with Crippen molar-refractivity contribution in [2.24, 2.45) is 0 Å². The van der Waals surface area contributed by atoms with Crippen LogP contribution in [-0.4, -0.2) is 20.6 Å². The quantitative estimate of drug-likeness (QED) is 0.283. The highest BCUT2D eigenvalue weighted by Crippen LogP contribution is 2.63. The standard InChI is InChI=1S/C24H38F6O2P2/c1-19(2,3)33(20(4,5)6)31-17-14-18(32-34(21(7,8)9)22(10,11)12)16(24(28,29)30)13-15(17)23(25,26)27/h13-14H,1-12H3. The summed E-state index contributed by atoms with van der Waals surface area (Å²) in [6, 6.07) is 0.924. The van der Waals surface area contributed by atoms with E-state index in [0.29, 0.717) is 0 Å². The van der Waals surface area contributed by atoms with Crippen molar-refractivity contribution in [3.63, 3.8) is 0 Å². The zero-order chi connectivity index (χ0) is 27.3. The summed E-state index contributed by atoms with van der Waals surface area (Å²) in [4.78, 5) is 0. The predicted molar refractivity (Wildman–Crippen MR) is 131 cm³/mol. The molecule has 1 aromatic rings. The van der Waals surface area contributed by atoms with Gasteiger partial charge in [0.25, 0.3) is 0 Å². The van der Waals surface area contributed by atoms with Crippen LogP contribution in [0, 0.1) is 0 Å². The van der Waals surface area contributed by atoms with Crippen LogP contribution in [0.2, 0.25) is 0 Å². The fourth-order valence-electron chi connectivity index (χ4n) is 3.91. The molecule has 0 amide bonds. The first kappa shape index (κ1) is 31.3. The fourth-order valence-corrected chi connectivity index (χ4v) is 9.73. The molecule has 0 aliphatic carbocycles. The Morgan fingerprint density at radius 2 is 0.706 bits per heavy atom. The zero-order valence-electron chi connectivity index (χ0n) is 22.1. The van der Waals surface area contributed by atoms with Crippen LogP contribution in [0.25, 0.3) is 0 Å². The number of alkyl halides is 6. The fraction of sp³-hybridized carbons (Fsp3) is 0.750. The van der Waals surface area contributed by atoms with E-state index in [-0.39, 0.29) is 6.07 Å². The Bertz CT molecular complexity index is 756.